The van der Waals surface area contributed by atoms with Gasteiger partial charge in [0.05, 0.1) is 0 Å². The molecule has 0 aromatic rings. The summed E-state index contributed by atoms with van der Waals surface area (Å²) in [5.74, 6) is 0. The van der Waals surface area contributed by atoms with Crippen LogP contribution < -0.4 is 0 Å². The number of halogens is 2. The van der Waals surface area contributed by atoms with Gasteiger partial charge in [-0.1, -0.05) is 0 Å². The molecule has 8 heteroatoms. The molecular weight excluding hydrogens is 215 g/mol. The van der Waals surface area contributed by atoms with E-state index in [1.807, 2.05) is 0 Å². The summed E-state index contributed by atoms with van der Waals surface area (Å²) in [5.41, 5.74) is 0. The maximum absolute atomic E-state index is 10.3. The molecule has 70 valence electrons. The maximum atomic E-state index is 10.3. The van der Waals surface area contributed by atoms with Crippen molar-refractivity contribution >= 4 is 35.5 Å². The molecule has 0 unspecified atom stereocenters. The highest BCUT2D eigenvalue weighted by Gasteiger charge is 2.10. The van der Waals surface area contributed by atoms with E-state index in [2.05, 4.69) is 14.5 Å². The number of hydrogen-bond acceptors (Lipinski definition) is 5. The molecule has 0 amide bonds. The lowest BCUT2D eigenvalue weighted by molar-refractivity contribution is -0.212. The lowest BCUT2D eigenvalue weighted by atomic mass is 10.8. The van der Waals surface area contributed by atoms with Gasteiger partial charge in [0, 0.05) is 0 Å². The van der Waals surface area contributed by atoms with E-state index >= 15 is 0 Å². The summed E-state index contributed by atoms with van der Waals surface area (Å²) in [5, 5.41) is 7.83. The number of carbonyl (C=O) groups excluding carboxylic acids is 1. The van der Waals surface area contributed by atoms with Gasteiger partial charge in [0.25, 0.3) is 0 Å². The number of carbonyl (C=O) groups is 2. The summed E-state index contributed by atoms with van der Waals surface area (Å²) in [4.78, 5) is 26.0. The van der Waals surface area contributed by atoms with Crippen molar-refractivity contribution in [3.8, 4) is 0 Å². The largest absolute Gasteiger partial charge is 0.550 e. The first-order valence-electron chi connectivity index (χ1n) is 2.54. The second-order valence-electron chi connectivity index (χ2n) is 1.38. The van der Waals surface area contributed by atoms with Gasteiger partial charge < -0.3 is 9.84 Å². The van der Waals surface area contributed by atoms with Crippen LogP contribution in [-0.4, -0.2) is 28.9 Å². The summed E-state index contributed by atoms with van der Waals surface area (Å²) in [6.45, 7) is -0.315. The van der Waals surface area contributed by atoms with Gasteiger partial charge in [0.15, 0.2) is 0 Å². The summed E-state index contributed by atoms with van der Waals surface area (Å²) in [6, 6.07) is 0. The molecule has 0 aromatic carbocycles. The Morgan fingerprint density at radius 2 is 1.92 bits per heavy atom. The van der Waals surface area contributed by atoms with Gasteiger partial charge >= 0.3 is 12.3 Å². The molecule has 0 atom stereocenters. The third kappa shape index (κ3) is 7.23. The monoisotopic (exact) mass is 218 g/mol. The molecule has 1 N–H and O–H groups in total. The molecule has 0 bridgehead atoms. The fourth-order valence-electron chi connectivity index (χ4n) is 0.225. The van der Waals surface area contributed by atoms with E-state index < -0.39 is 17.1 Å². The van der Waals surface area contributed by atoms with Crippen LogP contribution in [0.3, 0.4) is 0 Å². The van der Waals surface area contributed by atoms with Gasteiger partial charge in [-0.25, -0.2) is 9.68 Å². The smallest absolute Gasteiger partial charge is 0.447 e. The Bertz CT molecular complexity index is 169. The highest BCUT2D eigenvalue weighted by Crippen LogP contribution is 2.02. The minimum absolute atomic E-state index is 0.315. The summed E-state index contributed by atoms with van der Waals surface area (Å²) < 4.78 is 4.14. The average Bonchev–Trinajstić information content (AvgIpc) is 1.96. The Kier molecular flexibility index (Phi) is 5.31. The molecule has 0 saturated carbocycles. The van der Waals surface area contributed by atoms with Crippen LogP contribution in [0.15, 0.2) is 0 Å². The van der Waals surface area contributed by atoms with Gasteiger partial charge in [0.1, 0.15) is 11.4 Å². The van der Waals surface area contributed by atoms with Crippen molar-refractivity contribution in [2.75, 3.05) is 6.61 Å². The van der Waals surface area contributed by atoms with E-state index in [0.717, 1.165) is 0 Å². The topological polar surface area (TPSA) is 82.1 Å². The first kappa shape index (κ1) is 11.1. The quantitative estimate of drug-likeness (QED) is 0.328. The molecule has 0 spiro atoms. The predicted molar refractivity (Wildman–Crippen MR) is 37.0 cm³/mol. The number of alkyl halides is 2. The molecule has 0 saturated heterocycles. The predicted octanol–water partition coefficient (Wildman–Crippen LogP) is 1.55. The third-order valence-electron chi connectivity index (χ3n) is 0.508. The first-order chi connectivity index (χ1) is 5.52. The summed E-state index contributed by atoms with van der Waals surface area (Å²) >= 11 is 10.3. The van der Waals surface area contributed by atoms with E-state index in [1.165, 1.54) is 0 Å². The molecule has 12 heavy (non-hydrogen) atoms. The second-order valence-corrected chi connectivity index (χ2v) is 2.66. The van der Waals surface area contributed by atoms with Crippen molar-refractivity contribution in [2.45, 2.75) is 4.84 Å². The second kappa shape index (κ2) is 5.73. The lowest BCUT2D eigenvalue weighted by Crippen LogP contribution is -2.14. The van der Waals surface area contributed by atoms with E-state index in [-0.39, 0.29) is 6.61 Å². The van der Waals surface area contributed by atoms with E-state index in [4.69, 9.17) is 28.3 Å². The molecule has 0 aliphatic heterocycles. The molecule has 0 radical (unpaired) electrons. The highest BCUT2D eigenvalue weighted by molar-refractivity contribution is 6.44. The van der Waals surface area contributed by atoms with Crippen molar-refractivity contribution < 1.29 is 29.2 Å². The van der Waals surface area contributed by atoms with Crippen LogP contribution in [0.5, 0.6) is 0 Å². The van der Waals surface area contributed by atoms with E-state index in [1.54, 1.807) is 0 Å². The SMILES string of the molecule is O=C(O)OOC(=O)OCC(Cl)Cl. The van der Waals surface area contributed by atoms with Gasteiger partial charge in [-0.3, -0.25) is 0 Å². The molecule has 0 aromatic heterocycles. The zero-order valence-electron chi connectivity index (χ0n) is 5.53. The van der Waals surface area contributed by atoms with Crippen molar-refractivity contribution in [1.82, 2.24) is 0 Å². The fourth-order valence-corrected chi connectivity index (χ4v) is 0.351. The molecule has 6 nitrogen and oxygen atoms in total. The Hall–Kier alpha value is -0.880. The fraction of sp³-hybridized carbons (Fsp3) is 0.500. The van der Waals surface area contributed by atoms with Crippen molar-refractivity contribution in [3.63, 3.8) is 0 Å². The van der Waals surface area contributed by atoms with Gasteiger partial charge in [-0.15, -0.1) is 23.2 Å². The van der Waals surface area contributed by atoms with Crippen LogP contribution in [0, 0.1) is 0 Å². The highest BCUT2D eigenvalue weighted by atomic mass is 35.5. The number of hydrogen-bond donors (Lipinski definition) is 1. The Morgan fingerprint density at radius 3 is 2.33 bits per heavy atom. The van der Waals surface area contributed by atoms with Crippen LogP contribution in [-0.2, 0) is 14.5 Å². The number of rotatable bonds is 2. The minimum Gasteiger partial charge on any atom is -0.447 e. The molecule has 0 fully saturated rings. The standard InChI is InChI=1S/C4H4Cl2O6/c5-2(6)1-10-4(9)12-11-3(7)8/h2H,1H2,(H,7,8). The third-order valence-corrected chi connectivity index (χ3v) is 0.760. The summed E-state index contributed by atoms with van der Waals surface area (Å²) in [7, 11) is 0. The normalized spacial score (nSPS) is 9.25. The first-order valence-corrected chi connectivity index (χ1v) is 3.42. The van der Waals surface area contributed by atoms with Gasteiger partial charge in [0.2, 0.25) is 0 Å². The Balaban J connectivity index is 3.40. The van der Waals surface area contributed by atoms with Gasteiger partial charge in [-0.2, -0.15) is 9.68 Å². The van der Waals surface area contributed by atoms with Crippen molar-refractivity contribution in [2.24, 2.45) is 0 Å². The average molecular weight is 219 g/mol. The zero-order valence-corrected chi connectivity index (χ0v) is 7.04. The minimum atomic E-state index is -1.76. The molecule has 0 aliphatic carbocycles. The summed E-state index contributed by atoms with van der Waals surface area (Å²) in [6.07, 6.45) is -3.09. The Morgan fingerprint density at radius 1 is 1.33 bits per heavy atom. The molecule has 0 heterocycles. The lowest BCUT2D eigenvalue weighted by Gasteiger charge is -2.01. The van der Waals surface area contributed by atoms with Crippen LogP contribution >= 0.6 is 23.2 Å². The van der Waals surface area contributed by atoms with E-state index in [9.17, 15) is 9.59 Å². The van der Waals surface area contributed by atoms with Crippen LogP contribution in [0.1, 0.15) is 0 Å². The molecule has 0 rings (SSSR count). The molecular formula is C4H4Cl2O6. The maximum Gasteiger partial charge on any atom is 0.550 e. The van der Waals surface area contributed by atoms with Gasteiger partial charge in [-0.05, 0) is 0 Å². The van der Waals surface area contributed by atoms with Crippen molar-refractivity contribution in [3.05, 3.63) is 0 Å². The zero-order chi connectivity index (χ0) is 9.56. The molecule has 0 aliphatic rings. The Labute approximate surface area is 76.8 Å². The van der Waals surface area contributed by atoms with Crippen LogP contribution in [0.25, 0.3) is 0 Å². The number of ether oxygens (including phenoxy) is 1. The van der Waals surface area contributed by atoms with Crippen LogP contribution in [0.4, 0.5) is 9.59 Å². The number of carboxylic acid groups (broad SMARTS) is 1. The van der Waals surface area contributed by atoms with E-state index in [0.29, 0.717) is 0 Å². The van der Waals surface area contributed by atoms with Crippen molar-refractivity contribution in [1.29, 1.82) is 0 Å². The van der Waals surface area contributed by atoms with Crippen LogP contribution in [0.2, 0.25) is 0 Å².